The monoisotopic (exact) mass is 266 g/mol. The molecule has 1 unspecified atom stereocenters. The average Bonchev–Trinajstić information content (AvgIpc) is 2.90. The summed E-state index contributed by atoms with van der Waals surface area (Å²) in [6, 6.07) is 4.13. The number of nitro benzene ring substituents is 1. The number of nitrogens with zero attached hydrogens (tertiary/aromatic N) is 1. The molecule has 102 valence electrons. The van der Waals surface area contributed by atoms with E-state index in [4.69, 9.17) is 10.6 Å². The zero-order chi connectivity index (χ0) is 13.8. The molecule has 19 heavy (non-hydrogen) atoms. The second-order valence-electron chi connectivity index (χ2n) is 4.14. The highest BCUT2D eigenvalue weighted by atomic mass is 16.6. The molecule has 1 fully saturated rings. The molecule has 1 aliphatic heterocycles. The molecule has 0 bridgehead atoms. The first kappa shape index (κ1) is 13.2. The first-order valence-corrected chi connectivity index (χ1v) is 5.76. The minimum atomic E-state index is -0.593. The van der Waals surface area contributed by atoms with E-state index in [0.29, 0.717) is 13.2 Å². The smallest absolute Gasteiger partial charge is 0.294 e. The van der Waals surface area contributed by atoms with Crippen molar-refractivity contribution in [2.45, 2.75) is 12.5 Å². The van der Waals surface area contributed by atoms with Gasteiger partial charge >= 0.3 is 0 Å². The zero-order valence-corrected chi connectivity index (χ0v) is 10.1. The van der Waals surface area contributed by atoms with Crippen molar-refractivity contribution < 1.29 is 14.5 Å². The lowest BCUT2D eigenvalue weighted by Gasteiger charge is -2.13. The lowest BCUT2D eigenvalue weighted by molar-refractivity contribution is -0.384. The summed E-state index contributed by atoms with van der Waals surface area (Å²) in [6.45, 7) is 1.05. The van der Waals surface area contributed by atoms with E-state index in [1.54, 1.807) is 0 Å². The standard InChI is InChI=1S/C11H14N4O4/c12-14-10-8(2-1-3-9(10)15(17)18)11(16)13-7-4-5-19-6-7/h1-3,7,14H,4-6,12H2,(H,13,16). The van der Waals surface area contributed by atoms with Gasteiger partial charge in [0.05, 0.1) is 23.1 Å². The van der Waals surface area contributed by atoms with Crippen molar-refractivity contribution in [3.63, 3.8) is 0 Å². The van der Waals surface area contributed by atoms with Crippen molar-refractivity contribution >= 4 is 17.3 Å². The van der Waals surface area contributed by atoms with E-state index < -0.39 is 10.8 Å². The van der Waals surface area contributed by atoms with Gasteiger partial charge in [-0.3, -0.25) is 20.8 Å². The third-order valence-electron chi connectivity index (χ3n) is 2.89. The Morgan fingerprint density at radius 1 is 1.53 bits per heavy atom. The van der Waals surface area contributed by atoms with Crippen LogP contribution in [0, 0.1) is 10.1 Å². The van der Waals surface area contributed by atoms with Gasteiger partial charge in [-0.15, -0.1) is 0 Å². The number of rotatable bonds is 4. The number of ether oxygens (including phenoxy) is 1. The maximum atomic E-state index is 12.1. The van der Waals surface area contributed by atoms with Crippen molar-refractivity contribution in [2.75, 3.05) is 18.6 Å². The summed E-state index contributed by atoms with van der Waals surface area (Å²) in [5, 5.41) is 13.6. The minimum Gasteiger partial charge on any atom is -0.379 e. The second-order valence-corrected chi connectivity index (χ2v) is 4.14. The predicted molar refractivity (Wildman–Crippen MR) is 67.6 cm³/mol. The SMILES string of the molecule is NNc1c(C(=O)NC2CCOC2)cccc1[N+](=O)[O-]. The lowest BCUT2D eigenvalue weighted by Crippen LogP contribution is -2.35. The van der Waals surface area contributed by atoms with Gasteiger partial charge in [0.1, 0.15) is 5.69 Å². The van der Waals surface area contributed by atoms with Crippen LogP contribution in [0.25, 0.3) is 0 Å². The molecule has 1 amide bonds. The molecule has 8 heteroatoms. The fourth-order valence-corrected chi connectivity index (χ4v) is 1.94. The topological polar surface area (TPSA) is 120 Å². The molecular weight excluding hydrogens is 252 g/mol. The van der Waals surface area contributed by atoms with Crippen LogP contribution < -0.4 is 16.6 Å². The zero-order valence-electron chi connectivity index (χ0n) is 10.1. The Bertz CT molecular complexity index is 499. The van der Waals surface area contributed by atoms with E-state index >= 15 is 0 Å². The van der Waals surface area contributed by atoms with Gasteiger partial charge in [0.15, 0.2) is 0 Å². The summed E-state index contributed by atoms with van der Waals surface area (Å²) in [7, 11) is 0. The molecule has 4 N–H and O–H groups in total. The molecule has 1 aliphatic rings. The minimum absolute atomic E-state index is 0.00363. The van der Waals surface area contributed by atoms with Crippen LogP contribution in [0.2, 0.25) is 0 Å². The normalized spacial score (nSPS) is 18.1. The van der Waals surface area contributed by atoms with Gasteiger partial charge in [-0.2, -0.15) is 0 Å². The summed E-state index contributed by atoms with van der Waals surface area (Å²) in [6.07, 6.45) is 0.728. The average molecular weight is 266 g/mol. The number of hydrogen-bond acceptors (Lipinski definition) is 6. The fraction of sp³-hybridized carbons (Fsp3) is 0.364. The molecule has 1 saturated heterocycles. The van der Waals surface area contributed by atoms with Crippen LogP contribution in [0.1, 0.15) is 16.8 Å². The number of hydrogen-bond donors (Lipinski definition) is 3. The number of benzene rings is 1. The van der Waals surface area contributed by atoms with Crippen LogP contribution in [-0.4, -0.2) is 30.1 Å². The molecular formula is C11H14N4O4. The van der Waals surface area contributed by atoms with Crippen LogP contribution in [0.15, 0.2) is 18.2 Å². The summed E-state index contributed by atoms with van der Waals surface area (Å²) < 4.78 is 5.15. The van der Waals surface area contributed by atoms with E-state index in [2.05, 4.69) is 10.7 Å². The van der Waals surface area contributed by atoms with Crippen molar-refractivity contribution in [2.24, 2.45) is 5.84 Å². The van der Waals surface area contributed by atoms with Crippen LogP contribution >= 0.6 is 0 Å². The summed E-state index contributed by atoms with van der Waals surface area (Å²) in [5.74, 6) is 4.87. The molecule has 0 spiro atoms. The Labute approximate surface area is 109 Å². The molecule has 0 aliphatic carbocycles. The van der Waals surface area contributed by atoms with Gasteiger partial charge in [0.25, 0.3) is 11.6 Å². The highest BCUT2D eigenvalue weighted by Gasteiger charge is 2.24. The molecule has 1 aromatic rings. The van der Waals surface area contributed by atoms with Gasteiger partial charge < -0.3 is 15.5 Å². The van der Waals surface area contributed by atoms with Crippen molar-refractivity contribution in [3.05, 3.63) is 33.9 Å². The molecule has 0 radical (unpaired) electrons. The quantitative estimate of drug-likeness (QED) is 0.412. The molecule has 1 atom stereocenters. The van der Waals surface area contributed by atoms with E-state index in [9.17, 15) is 14.9 Å². The second kappa shape index (κ2) is 5.63. The lowest BCUT2D eigenvalue weighted by atomic mass is 10.1. The number of nitrogens with one attached hydrogen (secondary N) is 2. The Kier molecular flexibility index (Phi) is 3.93. The van der Waals surface area contributed by atoms with Crippen LogP contribution in [-0.2, 0) is 4.74 Å². The van der Waals surface area contributed by atoms with Crippen LogP contribution in [0.3, 0.4) is 0 Å². The van der Waals surface area contributed by atoms with Gasteiger partial charge in [0, 0.05) is 12.7 Å². The van der Waals surface area contributed by atoms with Crippen molar-refractivity contribution in [1.29, 1.82) is 0 Å². The number of nitrogens with two attached hydrogens (primary N) is 1. The first-order valence-electron chi connectivity index (χ1n) is 5.76. The maximum absolute atomic E-state index is 12.1. The maximum Gasteiger partial charge on any atom is 0.294 e. The Morgan fingerprint density at radius 2 is 2.32 bits per heavy atom. The molecule has 1 aromatic carbocycles. The van der Waals surface area contributed by atoms with E-state index in [-0.39, 0.29) is 23.0 Å². The van der Waals surface area contributed by atoms with Gasteiger partial charge in [-0.25, -0.2) is 0 Å². The fourth-order valence-electron chi connectivity index (χ4n) is 1.94. The highest BCUT2D eigenvalue weighted by Crippen LogP contribution is 2.27. The summed E-state index contributed by atoms with van der Waals surface area (Å²) in [4.78, 5) is 22.3. The molecule has 8 nitrogen and oxygen atoms in total. The van der Waals surface area contributed by atoms with Gasteiger partial charge in [-0.05, 0) is 12.5 Å². The number of anilines is 1. The van der Waals surface area contributed by atoms with E-state index in [1.807, 2.05) is 0 Å². The third-order valence-corrected chi connectivity index (χ3v) is 2.89. The number of nitro groups is 1. The number of hydrazine groups is 1. The Balaban J connectivity index is 2.25. The number of carbonyl (C=O) groups excluding carboxylic acids is 1. The number of para-hydroxylation sites is 1. The highest BCUT2D eigenvalue weighted by molar-refractivity contribution is 6.01. The largest absolute Gasteiger partial charge is 0.379 e. The summed E-state index contributed by atoms with van der Waals surface area (Å²) >= 11 is 0. The Morgan fingerprint density at radius 3 is 2.89 bits per heavy atom. The molecule has 2 rings (SSSR count). The van der Waals surface area contributed by atoms with Gasteiger partial charge in [-0.1, -0.05) is 6.07 Å². The number of nitrogen functional groups attached to an aromatic ring is 1. The molecule has 0 aromatic heterocycles. The Hall–Kier alpha value is -2.19. The number of amides is 1. The van der Waals surface area contributed by atoms with E-state index in [1.165, 1.54) is 18.2 Å². The molecule has 1 heterocycles. The molecule has 0 saturated carbocycles. The first-order chi connectivity index (χ1) is 9.13. The number of carbonyl (C=O) groups is 1. The van der Waals surface area contributed by atoms with Crippen LogP contribution in [0.5, 0.6) is 0 Å². The van der Waals surface area contributed by atoms with Crippen molar-refractivity contribution in [1.82, 2.24) is 5.32 Å². The third kappa shape index (κ3) is 2.80. The van der Waals surface area contributed by atoms with Crippen molar-refractivity contribution in [3.8, 4) is 0 Å². The van der Waals surface area contributed by atoms with E-state index in [0.717, 1.165) is 6.42 Å². The van der Waals surface area contributed by atoms with Gasteiger partial charge in [0.2, 0.25) is 0 Å². The summed E-state index contributed by atoms with van der Waals surface area (Å²) in [5.41, 5.74) is 2.13. The predicted octanol–water partition coefficient (Wildman–Crippen LogP) is 0.399. The van der Waals surface area contributed by atoms with Crippen LogP contribution in [0.4, 0.5) is 11.4 Å².